The molecule has 10 heteroatoms. The number of halogens is 3. The van der Waals surface area contributed by atoms with E-state index in [0.29, 0.717) is 18.5 Å². The van der Waals surface area contributed by atoms with E-state index < -0.39 is 11.7 Å². The fourth-order valence-electron chi connectivity index (χ4n) is 3.73. The lowest BCUT2D eigenvalue weighted by Gasteiger charge is -2.38. The van der Waals surface area contributed by atoms with Crippen LogP contribution in [0.2, 0.25) is 0 Å². The number of hydrogen-bond donors (Lipinski definition) is 1. The van der Waals surface area contributed by atoms with Gasteiger partial charge < -0.3 is 10.2 Å². The number of amides is 1. The minimum absolute atomic E-state index is 0.164. The number of piperidine rings is 1. The maximum atomic E-state index is 12.7. The second-order valence-corrected chi connectivity index (χ2v) is 7.17. The summed E-state index contributed by atoms with van der Waals surface area (Å²) in [5, 5.41) is 11.1. The molecule has 0 atom stereocenters. The van der Waals surface area contributed by atoms with Crippen molar-refractivity contribution in [3.63, 3.8) is 0 Å². The number of carbonyl (C=O) groups excluding carboxylic acids is 1. The molecule has 1 spiro atoms. The molecule has 2 saturated heterocycles. The van der Waals surface area contributed by atoms with E-state index in [1.165, 1.54) is 16.9 Å². The molecule has 1 amide bonds. The summed E-state index contributed by atoms with van der Waals surface area (Å²) in [5.41, 5.74) is -0.373. The third-order valence-corrected chi connectivity index (χ3v) is 5.47. The zero-order chi connectivity index (χ0) is 19.1. The number of hydrogen-bond acceptors (Lipinski definition) is 5. The smallest absolute Gasteiger partial charge is 0.337 e. The number of aromatic nitrogens is 4. The van der Waals surface area contributed by atoms with Crippen molar-refractivity contribution in [3.05, 3.63) is 35.8 Å². The van der Waals surface area contributed by atoms with Crippen LogP contribution in [0.5, 0.6) is 0 Å². The summed E-state index contributed by atoms with van der Waals surface area (Å²) in [6.45, 7) is 3.38. The number of nitrogens with one attached hydrogen (secondary N) is 1. The van der Waals surface area contributed by atoms with Crippen molar-refractivity contribution < 1.29 is 18.0 Å². The lowest BCUT2D eigenvalue weighted by Crippen LogP contribution is -2.44. The molecule has 0 saturated carbocycles. The van der Waals surface area contributed by atoms with Gasteiger partial charge in [-0.1, -0.05) is 5.21 Å². The van der Waals surface area contributed by atoms with Crippen molar-refractivity contribution in [2.24, 2.45) is 5.41 Å². The van der Waals surface area contributed by atoms with E-state index in [0.717, 1.165) is 44.6 Å². The fraction of sp³-hybridized carbons (Fsp3) is 0.529. The van der Waals surface area contributed by atoms with Crippen LogP contribution in [-0.2, 0) is 6.18 Å². The Labute approximate surface area is 153 Å². The van der Waals surface area contributed by atoms with Crippen LogP contribution in [0.3, 0.4) is 0 Å². The van der Waals surface area contributed by atoms with Gasteiger partial charge in [0.05, 0.1) is 11.8 Å². The Hall–Kier alpha value is -2.49. The van der Waals surface area contributed by atoms with Gasteiger partial charge in [0, 0.05) is 25.8 Å². The second kappa shape index (κ2) is 6.59. The summed E-state index contributed by atoms with van der Waals surface area (Å²) in [7, 11) is 0. The van der Waals surface area contributed by atoms with Crippen LogP contribution in [0.25, 0.3) is 5.82 Å². The molecule has 4 rings (SSSR count). The zero-order valence-corrected chi connectivity index (χ0v) is 14.5. The molecular weight excluding hydrogens is 361 g/mol. The molecule has 0 aromatic carbocycles. The largest absolute Gasteiger partial charge is 0.417 e. The molecule has 4 heterocycles. The van der Waals surface area contributed by atoms with Crippen molar-refractivity contribution in [3.8, 4) is 5.82 Å². The highest BCUT2D eigenvalue weighted by atomic mass is 19.4. The normalized spacial score (nSPS) is 19.6. The lowest BCUT2D eigenvalue weighted by atomic mass is 9.78. The molecule has 27 heavy (non-hydrogen) atoms. The Kier molecular flexibility index (Phi) is 4.37. The third kappa shape index (κ3) is 3.53. The number of nitrogens with zero attached hydrogens (tertiary/aromatic N) is 5. The Morgan fingerprint density at radius 2 is 1.96 bits per heavy atom. The van der Waals surface area contributed by atoms with Crippen molar-refractivity contribution >= 4 is 5.91 Å². The van der Waals surface area contributed by atoms with Crippen LogP contribution in [0.4, 0.5) is 13.2 Å². The summed E-state index contributed by atoms with van der Waals surface area (Å²) in [6, 6.07) is 2.12. The van der Waals surface area contributed by atoms with Gasteiger partial charge in [-0.25, -0.2) is 9.67 Å². The average molecular weight is 380 g/mol. The molecule has 7 nitrogen and oxygen atoms in total. The topological polar surface area (TPSA) is 75.9 Å². The first-order valence-electron chi connectivity index (χ1n) is 8.82. The van der Waals surface area contributed by atoms with E-state index in [2.05, 4.69) is 20.6 Å². The fourth-order valence-corrected chi connectivity index (χ4v) is 3.73. The third-order valence-electron chi connectivity index (χ3n) is 5.47. The number of carbonyl (C=O) groups is 1. The van der Waals surface area contributed by atoms with Crippen LogP contribution in [0.1, 0.15) is 35.3 Å². The van der Waals surface area contributed by atoms with Crippen LogP contribution in [0.15, 0.2) is 24.5 Å². The number of rotatable bonds is 2. The molecule has 0 unspecified atom stereocenters. The average Bonchev–Trinajstić information content (AvgIpc) is 3.31. The van der Waals surface area contributed by atoms with Gasteiger partial charge in [0.1, 0.15) is 0 Å². The molecule has 0 bridgehead atoms. The van der Waals surface area contributed by atoms with Gasteiger partial charge in [-0.3, -0.25) is 4.79 Å². The molecule has 0 radical (unpaired) electrons. The van der Waals surface area contributed by atoms with Gasteiger partial charge >= 0.3 is 6.18 Å². The highest BCUT2D eigenvalue weighted by Crippen LogP contribution is 2.37. The minimum Gasteiger partial charge on any atom is -0.337 e. The van der Waals surface area contributed by atoms with Gasteiger partial charge in [0.25, 0.3) is 5.91 Å². The molecule has 0 aliphatic carbocycles. The number of alkyl halides is 3. The summed E-state index contributed by atoms with van der Waals surface area (Å²) in [4.78, 5) is 18.2. The molecular formula is C17H19F3N6O. The molecule has 1 N–H and O–H groups in total. The Balaban J connectivity index is 1.44. The first-order chi connectivity index (χ1) is 12.9. The van der Waals surface area contributed by atoms with Crippen molar-refractivity contribution in [1.29, 1.82) is 0 Å². The van der Waals surface area contributed by atoms with E-state index in [1.54, 1.807) is 4.90 Å². The summed E-state index contributed by atoms with van der Waals surface area (Å²) in [5.74, 6) is -0.0434. The van der Waals surface area contributed by atoms with E-state index >= 15 is 0 Å². The standard InChI is InChI=1S/C17H19F3N6O/c18-17(19,20)12-1-2-14(22-9-12)26-10-13(23-24-26)15(27)25-7-4-16(5-8-25)3-6-21-11-16/h1-2,9-10,21H,3-8,11H2. The van der Waals surface area contributed by atoms with E-state index in [1.807, 2.05) is 0 Å². The van der Waals surface area contributed by atoms with Crippen molar-refractivity contribution in [2.75, 3.05) is 26.2 Å². The minimum atomic E-state index is -4.45. The van der Waals surface area contributed by atoms with E-state index in [-0.39, 0.29) is 17.4 Å². The van der Waals surface area contributed by atoms with Gasteiger partial charge in [-0.15, -0.1) is 5.10 Å². The maximum Gasteiger partial charge on any atom is 0.417 e. The monoisotopic (exact) mass is 380 g/mol. The molecule has 2 aliphatic rings. The maximum absolute atomic E-state index is 12.7. The molecule has 2 aromatic heterocycles. The number of pyridine rings is 1. The quantitative estimate of drug-likeness (QED) is 0.861. The molecule has 2 fully saturated rings. The van der Waals surface area contributed by atoms with Crippen LogP contribution >= 0.6 is 0 Å². The van der Waals surface area contributed by atoms with E-state index in [9.17, 15) is 18.0 Å². The van der Waals surface area contributed by atoms with E-state index in [4.69, 9.17) is 0 Å². The SMILES string of the molecule is O=C(c1cn(-c2ccc(C(F)(F)F)cn2)nn1)N1CCC2(CCNC2)CC1. The molecule has 2 aliphatic heterocycles. The number of likely N-dealkylation sites (tertiary alicyclic amines) is 1. The predicted octanol–water partition coefficient (Wildman–Crippen LogP) is 1.90. The summed E-state index contributed by atoms with van der Waals surface area (Å²) >= 11 is 0. The van der Waals surface area contributed by atoms with Crippen LogP contribution in [0, 0.1) is 5.41 Å². The van der Waals surface area contributed by atoms with Crippen LogP contribution < -0.4 is 5.32 Å². The Bertz CT molecular complexity index is 816. The second-order valence-electron chi connectivity index (χ2n) is 7.17. The molecule has 2 aromatic rings. The van der Waals surface area contributed by atoms with Crippen molar-refractivity contribution in [2.45, 2.75) is 25.4 Å². The highest BCUT2D eigenvalue weighted by molar-refractivity contribution is 5.92. The van der Waals surface area contributed by atoms with Gasteiger partial charge in [-0.2, -0.15) is 13.2 Å². The highest BCUT2D eigenvalue weighted by Gasteiger charge is 2.38. The first kappa shape index (κ1) is 17.9. The summed E-state index contributed by atoms with van der Waals surface area (Å²) < 4.78 is 39.1. The lowest BCUT2D eigenvalue weighted by molar-refractivity contribution is -0.137. The predicted molar refractivity (Wildman–Crippen MR) is 89.2 cm³/mol. The van der Waals surface area contributed by atoms with Crippen LogP contribution in [-0.4, -0.2) is 57.0 Å². The Morgan fingerprint density at radius 3 is 2.56 bits per heavy atom. The molecule has 144 valence electrons. The first-order valence-corrected chi connectivity index (χ1v) is 8.82. The van der Waals surface area contributed by atoms with Gasteiger partial charge in [-0.05, 0) is 43.4 Å². The Morgan fingerprint density at radius 1 is 1.19 bits per heavy atom. The van der Waals surface area contributed by atoms with Crippen molar-refractivity contribution in [1.82, 2.24) is 30.2 Å². The van der Waals surface area contributed by atoms with Gasteiger partial charge in [0.2, 0.25) is 0 Å². The zero-order valence-electron chi connectivity index (χ0n) is 14.5. The summed E-state index contributed by atoms with van der Waals surface area (Å²) in [6.07, 6.45) is 0.749. The van der Waals surface area contributed by atoms with Gasteiger partial charge in [0.15, 0.2) is 11.5 Å².